The highest BCUT2D eigenvalue weighted by Gasteiger charge is 2.63. The molecule has 0 saturated carbocycles. The van der Waals surface area contributed by atoms with Crippen LogP contribution in [0.2, 0.25) is 5.02 Å². The Labute approximate surface area is 192 Å². The largest absolute Gasteiger partial charge is 0.367 e. The number of piperidine rings is 1. The molecule has 166 valence electrons. The molecule has 3 aliphatic rings. The number of benzene rings is 2. The molecule has 2 saturated heterocycles. The molecule has 32 heavy (non-hydrogen) atoms. The third kappa shape index (κ3) is 3.04. The average Bonchev–Trinajstić information content (AvgIpc) is 2.81. The van der Waals surface area contributed by atoms with Crippen LogP contribution in [0.1, 0.15) is 24.0 Å². The first-order valence-corrected chi connectivity index (χ1v) is 11.4. The van der Waals surface area contributed by atoms with Crippen molar-refractivity contribution in [2.45, 2.75) is 31.7 Å². The maximum Gasteiger partial charge on any atom is 0.332 e. The molecule has 2 fully saturated rings. The second-order valence-electron chi connectivity index (χ2n) is 9.22. The maximum absolute atomic E-state index is 13.7. The number of barbiturate groups is 1. The molecule has 2 aromatic rings. The Morgan fingerprint density at radius 1 is 1.00 bits per heavy atom. The summed E-state index contributed by atoms with van der Waals surface area (Å²) < 4.78 is 0. The Hall–Kier alpha value is -2.86. The molecular weight excluding hydrogens is 426 g/mol. The summed E-state index contributed by atoms with van der Waals surface area (Å²) in [4.78, 5) is 44.3. The van der Waals surface area contributed by atoms with Crippen molar-refractivity contribution in [3.8, 4) is 0 Å². The highest BCUT2D eigenvalue weighted by Crippen LogP contribution is 2.50. The lowest BCUT2D eigenvalue weighted by Gasteiger charge is -2.55. The molecule has 0 N–H and O–H groups in total. The minimum Gasteiger partial charge on any atom is -0.367 e. The number of carbonyl (C=O) groups excluding carboxylic acids is 3. The summed E-state index contributed by atoms with van der Waals surface area (Å²) in [7, 11) is 2.95. The van der Waals surface area contributed by atoms with Gasteiger partial charge in [0.25, 0.3) is 0 Å². The molecule has 0 radical (unpaired) electrons. The van der Waals surface area contributed by atoms with Gasteiger partial charge in [-0.15, -0.1) is 0 Å². The molecule has 2 aromatic carbocycles. The molecule has 0 bridgehead atoms. The van der Waals surface area contributed by atoms with Crippen LogP contribution in [-0.4, -0.2) is 54.3 Å². The summed E-state index contributed by atoms with van der Waals surface area (Å²) in [6, 6.07) is 15.1. The van der Waals surface area contributed by atoms with Crippen molar-refractivity contribution < 1.29 is 14.4 Å². The maximum atomic E-state index is 13.7. The van der Waals surface area contributed by atoms with E-state index in [2.05, 4.69) is 17.0 Å². The zero-order valence-corrected chi connectivity index (χ0v) is 19.0. The quantitative estimate of drug-likeness (QED) is 0.652. The fourth-order valence-corrected chi connectivity index (χ4v) is 5.99. The molecule has 4 amide bonds. The van der Waals surface area contributed by atoms with E-state index in [1.807, 2.05) is 30.3 Å². The number of anilines is 1. The van der Waals surface area contributed by atoms with Gasteiger partial charge >= 0.3 is 6.03 Å². The van der Waals surface area contributed by atoms with Gasteiger partial charge in [-0.25, -0.2) is 4.79 Å². The van der Waals surface area contributed by atoms with E-state index in [4.69, 9.17) is 11.6 Å². The number of amides is 4. The smallest absolute Gasteiger partial charge is 0.332 e. The first-order chi connectivity index (χ1) is 15.3. The second kappa shape index (κ2) is 7.62. The summed E-state index contributed by atoms with van der Waals surface area (Å²) in [5.41, 5.74) is 1.86. The Balaban J connectivity index is 1.59. The minimum absolute atomic E-state index is 0.276. The van der Waals surface area contributed by atoms with Gasteiger partial charge in [0.2, 0.25) is 11.8 Å². The van der Waals surface area contributed by atoms with Crippen LogP contribution in [0.25, 0.3) is 0 Å². The molecular formula is C25H26ClN3O3. The summed E-state index contributed by atoms with van der Waals surface area (Å²) in [5.74, 6) is -0.465. The molecule has 0 aliphatic carbocycles. The molecule has 2 atom stereocenters. The van der Waals surface area contributed by atoms with Gasteiger partial charge in [-0.2, -0.15) is 0 Å². The summed E-state index contributed by atoms with van der Waals surface area (Å²) in [5, 5.41) is 0.635. The fraction of sp³-hybridized carbons (Fsp3) is 0.400. The average molecular weight is 452 g/mol. The molecule has 6 nitrogen and oxygen atoms in total. The first kappa shape index (κ1) is 21.0. The van der Waals surface area contributed by atoms with Crippen molar-refractivity contribution in [2.24, 2.45) is 11.3 Å². The highest BCUT2D eigenvalue weighted by atomic mass is 35.5. The minimum atomic E-state index is -1.31. The summed E-state index contributed by atoms with van der Waals surface area (Å²) in [6.07, 6.45) is 2.84. The van der Waals surface area contributed by atoms with Crippen LogP contribution in [0.3, 0.4) is 0 Å². The lowest BCUT2D eigenvalue weighted by molar-refractivity contribution is -0.160. The van der Waals surface area contributed by atoms with Crippen LogP contribution in [0.4, 0.5) is 10.5 Å². The van der Waals surface area contributed by atoms with Gasteiger partial charge in [-0.05, 0) is 54.9 Å². The number of fused-ring (bicyclic) bond motifs is 4. The van der Waals surface area contributed by atoms with E-state index in [0.717, 1.165) is 40.4 Å². The lowest BCUT2D eigenvalue weighted by atomic mass is 9.64. The number of hydrogen-bond acceptors (Lipinski definition) is 4. The second-order valence-corrected chi connectivity index (χ2v) is 9.66. The third-order valence-corrected chi connectivity index (χ3v) is 7.65. The Morgan fingerprint density at radius 3 is 2.38 bits per heavy atom. The van der Waals surface area contributed by atoms with E-state index < -0.39 is 23.3 Å². The summed E-state index contributed by atoms with van der Waals surface area (Å²) >= 11 is 6.32. The Kier molecular flexibility index (Phi) is 5.01. The number of urea groups is 1. The van der Waals surface area contributed by atoms with Crippen LogP contribution in [-0.2, 0) is 22.4 Å². The van der Waals surface area contributed by atoms with Crippen molar-refractivity contribution in [1.82, 2.24) is 9.80 Å². The van der Waals surface area contributed by atoms with Gasteiger partial charge in [-0.3, -0.25) is 19.4 Å². The van der Waals surface area contributed by atoms with Gasteiger partial charge in [-0.1, -0.05) is 48.0 Å². The molecule has 0 aromatic heterocycles. The van der Waals surface area contributed by atoms with Crippen LogP contribution in [0.15, 0.2) is 48.5 Å². The van der Waals surface area contributed by atoms with E-state index in [1.165, 1.54) is 19.7 Å². The normalized spacial score (nSPS) is 24.6. The van der Waals surface area contributed by atoms with E-state index in [9.17, 15) is 14.4 Å². The van der Waals surface area contributed by atoms with E-state index in [0.29, 0.717) is 17.4 Å². The third-order valence-electron chi connectivity index (χ3n) is 7.42. The van der Waals surface area contributed by atoms with Crippen LogP contribution >= 0.6 is 11.6 Å². The van der Waals surface area contributed by atoms with E-state index in [-0.39, 0.29) is 12.5 Å². The van der Waals surface area contributed by atoms with Gasteiger partial charge < -0.3 is 4.90 Å². The van der Waals surface area contributed by atoms with Crippen molar-refractivity contribution in [2.75, 3.05) is 25.5 Å². The number of halogens is 1. The van der Waals surface area contributed by atoms with Crippen LogP contribution in [0, 0.1) is 11.3 Å². The molecule has 5 rings (SSSR count). The highest BCUT2D eigenvalue weighted by molar-refractivity contribution is 6.31. The lowest BCUT2D eigenvalue weighted by Crippen LogP contribution is -2.72. The van der Waals surface area contributed by atoms with Crippen LogP contribution < -0.4 is 4.90 Å². The number of hydrogen-bond donors (Lipinski definition) is 0. The molecule has 7 heteroatoms. The number of carbonyl (C=O) groups is 3. The zero-order chi connectivity index (χ0) is 22.6. The first-order valence-electron chi connectivity index (χ1n) is 11.0. The predicted molar refractivity (Wildman–Crippen MR) is 123 cm³/mol. The predicted octanol–water partition coefficient (Wildman–Crippen LogP) is 3.76. The molecule has 1 spiro atoms. The van der Waals surface area contributed by atoms with Crippen molar-refractivity contribution >= 4 is 35.1 Å². The van der Waals surface area contributed by atoms with E-state index >= 15 is 0 Å². The zero-order valence-electron chi connectivity index (χ0n) is 18.3. The SMILES string of the molecule is CN1C(=O)N(C)C(=O)C2(Cc3ccc(Cl)cc3N3CC[C@H](Cc4ccccc4)C[C@@H]32)C1=O. The Morgan fingerprint density at radius 2 is 1.69 bits per heavy atom. The van der Waals surface area contributed by atoms with Gasteiger partial charge in [0.1, 0.15) is 0 Å². The van der Waals surface area contributed by atoms with Gasteiger partial charge in [0.15, 0.2) is 5.41 Å². The van der Waals surface area contributed by atoms with Gasteiger partial charge in [0.05, 0.1) is 6.04 Å². The molecule has 3 heterocycles. The fourth-order valence-electron chi connectivity index (χ4n) is 5.82. The van der Waals surface area contributed by atoms with Crippen molar-refractivity contribution in [1.29, 1.82) is 0 Å². The van der Waals surface area contributed by atoms with Gasteiger partial charge in [0, 0.05) is 31.4 Å². The van der Waals surface area contributed by atoms with E-state index in [1.54, 1.807) is 6.07 Å². The number of rotatable bonds is 2. The van der Waals surface area contributed by atoms with Crippen molar-refractivity contribution in [3.63, 3.8) is 0 Å². The van der Waals surface area contributed by atoms with Crippen LogP contribution in [0.5, 0.6) is 0 Å². The van der Waals surface area contributed by atoms with Crippen molar-refractivity contribution in [3.05, 3.63) is 64.7 Å². The summed E-state index contributed by atoms with van der Waals surface area (Å²) in [6.45, 7) is 0.735. The topological polar surface area (TPSA) is 60.9 Å². The Bertz CT molecular complexity index is 1080. The standard InChI is InChI=1S/C25H26ClN3O3/c1-27-22(30)25(23(31)28(2)24(27)32)15-18-8-9-19(26)14-20(18)29-11-10-17(13-21(25)29)12-16-6-4-3-5-7-16/h3-9,14,17,21H,10-13,15H2,1-2H3/t17-,21-/m1/s1. The number of nitrogens with zero attached hydrogens (tertiary/aromatic N) is 3. The monoisotopic (exact) mass is 451 g/mol. The number of imide groups is 2. The molecule has 0 unspecified atom stereocenters. The molecule has 3 aliphatic heterocycles.